The average molecular weight is 403 g/mol. The number of rotatable bonds is 6. The molecule has 4 aromatic rings. The molecule has 0 bridgehead atoms. The Balaban J connectivity index is 1.57. The second-order valence-corrected chi connectivity index (χ2v) is 8.02. The van der Waals surface area contributed by atoms with Gasteiger partial charge in [0.15, 0.2) is 0 Å². The maximum atomic E-state index is 13.1. The molecule has 0 saturated carbocycles. The lowest BCUT2D eigenvalue weighted by Gasteiger charge is -2.23. The van der Waals surface area contributed by atoms with E-state index in [1.165, 1.54) is 4.68 Å². The third-order valence-electron chi connectivity index (χ3n) is 5.34. The highest BCUT2D eigenvalue weighted by molar-refractivity contribution is 5.84. The van der Waals surface area contributed by atoms with Crippen LogP contribution in [0.1, 0.15) is 32.4 Å². The molecule has 0 unspecified atom stereocenters. The van der Waals surface area contributed by atoms with E-state index >= 15 is 0 Å². The van der Waals surface area contributed by atoms with Gasteiger partial charge in [0.25, 0.3) is 5.56 Å². The molecule has 2 heterocycles. The van der Waals surface area contributed by atoms with Crippen LogP contribution in [-0.4, -0.2) is 31.9 Å². The molecule has 2 N–H and O–H groups in total. The third kappa shape index (κ3) is 3.70. The molecule has 0 aliphatic heterocycles. The largest absolute Gasteiger partial charge is 0.361 e. The van der Waals surface area contributed by atoms with Gasteiger partial charge in [0.1, 0.15) is 11.6 Å². The van der Waals surface area contributed by atoms with Gasteiger partial charge in [-0.3, -0.25) is 9.59 Å². The number of fused-ring (bicyclic) bond motifs is 2. The van der Waals surface area contributed by atoms with Crippen molar-refractivity contribution in [2.75, 3.05) is 0 Å². The highest BCUT2D eigenvalue weighted by Crippen LogP contribution is 2.20. The van der Waals surface area contributed by atoms with Crippen LogP contribution in [0.25, 0.3) is 21.8 Å². The highest BCUT2D eigenvalue weighted by atomic mass is 16.2. The number of carbonyl (C=O) groups is 1. The van der Waals surface area contributed by atoms with E-state index in [4.69, 9.17) is 0 Å². The summed E-state index contributed by atoms with van der Waals surface area (Å²) in [6, 6.07) is 14.3. The molecule has 0 spiro atoms. The number of para-hydroxylation sites is 1. The molecule has 0 saturated heterocycles. The molecule has 154 valence electrons. The molecule has 7 nitrogen and oxygen atoms in total. The maximum absolute atomic E-state index is 13.1. The first-order valence-electron chi connectivity index (χ1n) is 10.2. The number of benzene rings is 2. The first-order chi connectivity index (χ1) is 14.5. The van der Waals surface area contributed by atoms with Crippen LogP contribution in [-0.2, 0) is 11.2 Å². The van der Waals surface area contributed by atoms with E-state index in [-0.39, 0.29) is 23.4 Å². The molecule has 30 heavy (non-hydrogen) atoms. The zero-order valence-corrected chi connectivity index (χ0v) is 17.3. The van der Waals surface area contributed by atoms with E-state index < -0.39 is 6.04 Å². The van der Waals surface area contributed by atoms with Gasteiger partial charge >= 0.3 is 0 Å². The molecule has 4 rings (SSSR count). The fourth-order valence-electron chi connectivity index (χ4n) is 3.89. The van der Waals surface area contributed by atoms with Gasteiger partial charge in [-0.05, 0) is 43.0 Å². The first kappa shape index (κ1) is 19.8. The SMILES string of the molecule is CC(C)[C@@H](C(=O)N[C@@H](C)Cc1c[nH]c2ccccc12)n1nnc2ccccc2c1=O. The lowest BCUT2D eigenvalue weighted by molar-refractivity contribution is -0.126. The van der Waals surface area contributed by atoms with Crippen LogP contribution >= 0.6 is 0 Å². The normalized spacial score (nSPS) is 13.6. The minimum absolute atomic E-state index is 0.109. The lowest BCUT2D eigenvalue weighted by atomic mass is 10.0. The van der Waals surface area contributed by atoms with Crippen molar-refractivity contribution in [2.24, 2.45) is 5.92 Å². The predicted octanol–water partition coefficient (Wildman–Crippen LogP) is 3.22. The number of amides is 1. The summed E-state index contributed by atoms with van der Waals surface area (Å²) >= 11 is 0. The average Bonchev–Trinajstić information content (AvgIpc) is 3.12. The Labute approximate surface area is 174 Å². The number of hydrogen-bond donors (Lipinski definition) is 2. The van der Waals surface area contributed by atoms with Crippen molar-refractivity contribution in [2.45, 2.75) is 39.3 Å². The maximum Gasteiger partial charge on any atom is 0.278 e. The van der Waals surface area contributed by atoms with Crippen LogP contribution in [0.3, 0.4) is 0 Å². The molecule has 2 atom stereocenters. The molecule has 0 aliphatic carbocycles. The van der Waals surface area contributed by atoms with Crippen LogP contribution in [0.4, 0.5) is 0 Å². The molecule has 2 aromatic heterocycles. The Kier molecular flexibility index (Phi) is 5.35. The Morgan fingerprint density at radius 1 is 1.07 bits per heavy atom. The second kappa shape index (κ2) is 8.10. The Bertz CT molecular complexity index is 1260. The van der Waals surface area contributed by atoms with Crippen molar-refractivity contribution in [3.05, 3.63) is 70.6 Å². The molecule has 2 aromatic carbocycles. The number of nitrogens with zero attached hydrogens (tertiary/aromatic N) is 3. The van der Waals surface area contributed by atoms with Crippen molar-refractivity contribution in [3.8, 4) is 0 Å². The monoisotopic (exact) mass is 403 g/mol. The summed E-state index contributed by atoms with van der Waals surface area (Å²) in [6.07, 6.45) is 2.66. The van der Waals surface area contributed by atoms with Gasteiger partial charge < -0.3 is 10.3 Å². The van der Waals surface area contributed by atoms with Crippen molar-refractivity contribution >= 4 is 27.7 Å². The van der Waals surface area contributed by atoms with E-state index in [9.17, 15) is 9.59 Å². The summed E-state index contributed by atoms with van der Waals surface area (Å²) in [7, 11) is 0. The number of H-pyrrole nitrogens is 1. The number of hydrogen-bond acceptors (Lipinski definition) is 4. The fraction of sp³-hybridized carbons (Fsp3) is 0.304. The Morgan fingerprint density at radius 3 is 2.53 bits per heavy atom. The van der Waals surface area contributed by atoms with Crippen molar-refractivity contribution in [1.82, 2.24) is 25.3 Å². The third-order valence-corrected chi connectivity index (χ3v) is 5.34. The molecule has 0 radical (unpaired) electrons. The Morgan fingerprint density at radius 2 is 1.77 bits per heavy atom. The molecular weight excluding hydrogens is 378 g/mol. The van der Waals surface area contributed by atoms with Gasteiger partial charge in [-0.15, -0.1) is 5.10 Å². The van der Waals surface area contributed by atoms with Gasteiger partial charge in [-0.25, -0.2) is 0 Å². The molecule has 0 fully saturated rings. The lowest BCUT2D eigenvalue weighted by Crippen LogP contribution is -2.44. The molecular formula is C23H25N5O2. The molecule has 7 heteroatoms. The van der Waals surface area contributed by atoms with Gasteiger partial charge in [0.05, 0.1) is 5.39 Å². The van der Waals surface area contributed by atoms with Crippen LogP contribution in [0.5, 0.6) is 0 Å². The van der Waals surface area contributed by atoms with Gasteiger partial charge in [0, 0.05) is 23.1 Å². The van der Waals surface area contributed by atoms with Crippen molar-refractivity contribution in [1.29, 1.82) is 0 Å². The first-order valence-corrected chi connectivity index (χ1v) is 10.2. The van der Waals surface area contributed by atoms with Crippen molar-refractivity contribution in [3.63, 3.8) is 0 Å². The van der Waals surface area contributed by atoms with Crippen LogP contribution < -0.4 is 10.9 Å². The Hall–Kier alpha value is -3.48. The van der Waals surface area contributed by atoms with E-state index in [2.05, 4.69) is 26.7 Å². The standard InChI is InChI=1S/C23H25N5O2/c1-14(2)21(28-23(30)18-9-5-7-11-20(18)26-27-28)22(29)25-15(3)12-16-13-24-19-10-6-4-8-17(16)19/h4-11,13-15,21,24H,12H2,1-3H3,(H,25,29)/t15-,21-/m0/s1. The van der Waals surface area contributed by atoms with Crippen molar-refractivity contribution < 1.29 is 4.79 Å². The van der Waals surface area contributed by atoms with E-state index in [1.54, 1.807) is 24.3 Å². The second-order valence-electron chi connectivity index (χ2n) is 8.02. The smallest absolute Gasteiger partial charge is 0.278 e. The van der Waals surface area contributed by atoms with E-state index in [0.29, 0.717) is 17.3 Å². The minimum atomic E-state index is -0.736. The fourth-order valence-corrected chi connectivity index (χ4v) is 3.89. The summed E-state index contributed by atoms with van der Waals surface area (Å²) in [5, 5.41) is 12.9. The zero-order valence-electron chi connectivity index (χ0n) is 17.3. The van der Waals surface area contributed by atoms with Crippen LogP contribution in [0.2, 0.25) is 0 Å². The summed E-state index contributed by atoms with van der Waals surface area (Å²) < 4.78 is 1.21. The molecule has 0 aliphatic rings. The summed E-state index contributed by atoms with van der Waals surface area (Å²) in [6.45, 7) is 5.77. The summed E-state index contributed by atoms with van der Waals surface area (Å²) in [5.74, 6) is -0.359. The number of aromatic amines is 1. The van der Waals surface area contributed by atoms with Crippen LogP contribution in [0.15, 0.2) is 59.5 Å². The quantitative estimate of drug-likeness (QED) is 0.517. The van der Waals surface area contributed by atoms with Crippen LogP contribution in [0, 0.1) is 5.92 Å². The number of nitrogens with one attached hydrogen (secondary N) is 2. The summed E-state index contributed by atoms with van der Waals surface area (Å²) in [4.78, 5) is 29.3. The number of carbonyl (C=O) groups excluding carboxylic acids is 1. The van der Waals surface area contributed by atoms with E-state index in [1.807, 2.05) is 45.2 Å². The molecule has 1 amide bonds. The van der Waals surface area contributed by atoms with E-state index in [0.717, 1.165) is 16.5 Å². The van der Waals surface area contributed by atoms with Gasteiger partial charge in [0.2, 0.25) is 5.91 Å². The minimum Gasteiger partial charge on any atom is -0.361 e. The number of aromatic nitrogens is 4. The van der Waals surface area contributed by atoms with Gasteiger partial charge in [-0.2, -0.15) is 4.68 Å². The zero-order chi connectivity index (χ0) is 21.3. The predicted molar refractivity (Wildman–Crippen MR) is 117 cm³/mol. The topological polar surface area (TPSA) is 92.7 Å². The van der Waals surface area contributed by atoms with Gasteiger partial charge in [-0.1, -0.05) is 49.4 Å². The summed E-state index contributed by atoms with van der Waals surface area (Å²) in [5.41, 5.74) is 2.43. The highest BCUT2D eigenvalue weighted by Gasteiger charge is 2.28.